The molecule has 180 valence electrons. The number of rotatable bonds is 9. The van der Waals surface area contributed by atoms with Crippen molar-refractivity contribution in [3.63, 3.8) is 0 Å². The lowest BCUT2D eigenvalue weighted by atomic mass is 9.81. The molecule has 1 atom stereocenters. The van der Waals surface area contributed by atoms with Gasteiger partial charge in [0.2, 0.25) is 0 Å². The molecule has 1 aromatic carbocycles. The maximum absolute atomic E-state index is 13.0. The van der Waals surface area contributed by atoms with Crippen molar-refractivity contribution in [1.29, 1.82) is 0 Å². The molecule has 1 saturated heterocycles. The first kappa shape index (κ1) is 24.0. The van der Waals surface area contributed by atoms with Crippen LogP contribution in [0.25, 0.3) is 0 Å². The quantitative estimate of drug-likeness (QED) is 0.573. The van der Waals surface area contributed by atoms with E-state index < -0.39 is 10.0 Å². The number of nitrogens with zero attached hydrogens (tertiary/aromatic N) is 2. The lowest BCUT2D eigenvalue weighted by molar-refractivity contribution is 0.122. The van der Waals surface area contributed by atoms with Gasteiger partial charge in [-0.15, -0.1) is 0 Å². The van der Waals surface area contributed by atoms with Crippen molar-refractivity contribution in [2.45, 2.75) is 50.5 Å². The Morgan fingerprint density at radius 2 is 1.85 bits per heavy atom. The summed E-state index contributed by atoms with van der Waals surface area (Å²) in [6, 6.07) is 11.0. The van der Waals surface area contributed by atoms with E-state index in [0.717, 1.165) is 36.9 Å². The highest BCUT2D eigenvalue weighted by atomic mass is 32.2. The average Bonchev–Trinajstić information content (AvgIpc) is 2.86. The van der Waals surface area contributed by atoms with E-state index in [-0.39, 0.29) is 4.90 Å². The number of sulfonamides is 1. The van der Waals surface area contributed by atoms with E-state index in [1.807, 2.05) is 24.3 Å². The molecular formula is C25H36N4O3S. The molecule has 7 nitrogen and oxygen atoms in total. The number of nitrogens with one attached hydrogen (secondary N) is 2. The second-order valence-corrected chi connectivity index (χ2v) is 10.9. The van der Waals surface area contributed by atoms with Gasteiger partial charge in [-0.05, 0) is 42.1 Å². The number of benzene rings is 1. The molecule has 2 heterocycles. The van der Waals surface area contributed by atoms with Crippen LogP contribution in [-0.2, 0) is 21.3 Å². The maximum atomic E-state index is 13.0. The van der Waals surface area contributed by atoms with Crippen molar-refractivity contribution in [3.8, 4) is 0 Å². The van der Waals surface area contributed by atoms with Gasteiger partial charge in [0, 0.05) is 25.8 Å². The SMILES string of the molecule is CC(CNCc1ccccc1NS(=O)(=O)c1ccc(N2CCOCC2)nc1)C1CCCCC1. The molecule has 2 aromatic rings. The van der Waals surface area contributed by atoms with Gasteiger partial charge in [-0.2, -0.15) is 0 Å². The van der Waals surface area contributed by atoms with E-state index in [2.05, 4.69) is 26.8 Å². The molecule has 8 heteroatoms. The van der Waals surface area contributed by atoms with Crippen LogP contribution in [0, 0.1) is 11.8 Å². The van der Waals surface area contributed by atoms with Gasteiger partial charge in [-0.1, -0.05) is 57.2 Å². The van der Waals surface area contributed by atoms with Gasteiger partial charge in [0.25, 0.3) is 10.0 Å². The Labute approximate surface area is 198 Å². The standard InChI is InChI=1S/C25H36N4O3S/c1-20(21-7-3-2-4-8-21)17-26-18-22-9-5-6-10-24(22)28-33(30,31)23-11-12-25(27-19-23)29-13-15-32-16-14-29/h5-6,9-12,19-21,26,28H,2-4,7-8,13-18H2,1H3. The van der Waals surface area contributed by atoms with Gasteiger partial charge in [0.15, 0.2) is 0 Å². The second kappa shape index (κ2) is 11.3. The monoisotopic (exact) mass is 472 g/mol. The van der Waals surface area contributed by atoms with Crippen LogP contribution in [-0.4, -0.2) is 46.2 Å². The minimum absolute atomic E-state index is 0.160. The Balaban J connectivity index is 1.37. The summed E-state index contributed by atoms with van der Waals surface area (Å²) in [4.78, 5) is 6.65. The summed E-state index contributed by atoms with van der Waals surface area (Å²) in [5.74, 6) is 2.20. The van der Waals surface area contributed by atoms with E-state index in [1.54, 1.807) is 12.1 Å². The van der Waals surface area contributed by atoms with E-state index in [0.29, 0.717) is 31.4 Å². The van der Waals surface area contributed by atoms with Crippen molar-refractivity contribution in [2.24, 2.45) is 11.8 Å². The van der Waals surface area contributed by atoms with Crippen LogP contribution >= 0.6 is 0 Å². The summed E-state index contributed by atoms with van der Waals surface area (Å²) in [7, 11) is -3.73. The summed E-state index contributed by atoms with van der Waals surface area (Å²) in [5.41, 5.74) is 1.54. The minimum atomic E-state index is -3.73. The predicted octanol–water partition coefficient (Wildman–Crippen LogP) is 4.03. The number of ether oxygens (including phenoxy) is 1. The fourth-order valence-electron chi connectivity index (χ4n) is 4.79. The zero-order valence-corrected chi connectivity index (χ0v) is 20.3. The Morgan fingerprint density at radius 3 is 2.58 bits per heavy atom. The minimum Gasteiger partial charge on any atom is -0.378 e. The maximum Gasteiger partial charge on any atom is 0.263 e. The first-order valence-corrected chi connectivity index (χ1v) is 13.6. The molecule has 2 fully saturated rings. The third kappa shape index (κ3) is 6.46. The number of para-hydroxylation sites is 1. The highest BCUT2D eigenvalue weighted by Gasteiger charge is 2.21. The van der Waals surface area contributed by atoms with Gasteiger partial charge < -0.3 is 15.0 Å². The van der Waals surface area contributed by atoms with Crippen molar-refractivity contribution >= 4 is 21.5 Å². The number of anilines is 2. The van der Waals surface area contributed by atoms with Crippen LogP contribution in [0.15, 0.2) is 47.5 Å². The number of hydrogen-bond acceptors (Lipinski definition) is 6. The number of hydrogen-bond donors (Lipinski definition) is 2. The van der Waals surface area contributed by atoms with Crippen LogP contribution in [0.2, 0.25) is 0 Å². The van der Waals surface area contributed by atoms with Crippen LogP contribution in [0.1, 0.15) is 44.6 Å². The van der Waals surface area contributed by atoms with Crippen molar-refractivity contribution in [2.75, 3.05) is 42.5 Å². The molecule has 1 saturated carbocycles. The first-order valence-electron chi connectivity index (χ1n) is 12.1. The molecule has 2 aliphatic rings. The Hall–Kier alpha value is -2.16. The summed E-state index contributed by atoms with van der Waals surface area (Å²) in [5, 5.41) is 3.55. The number of morpholine rings is 1. The molecule has 2 N–H and O–H groups in total. The molecular weight excluding hydrogens is 436 g/mol. The van der Waals surface area contributed by atoms with Crippen LogP contribution in [0.5, 0.6) is 0 Å². The smallest absolute Gasteiger partial charge is 0.263 e. The van der Waals surface area contributed by atoms with Crippen molar-refractivity contribution in [1.82, 2.24) is 10.3 Å². The molecule has 33 heavy (non-hydrogen) atoms. The molecule has 0 amide bonds. The lowest BCUT2D eigenvalue weighted by Gasteiger charge is -2.28. The van der Waals surface area contributed by atoms with Gasteiger partial charge in [0.05, 0.1) is 18.9 Å². The summed E-state index contributed by atoms with van der Waals surface area (Å²) in [6.45, 7) is 6.74. The largest absolute Gasteiger partial charge is 0.378 e. The Kier molecular flexibility index (Phi) is 8.22. The van der Waals surface area contributed by atoms with Gasteiger partial charge in [-0.25, -0.2) is 13.4 Å². The Morgan fingerprint density at radius 1 is 1.09 bits per heavy atom. The summed E-state index contributed by atoms with van der Waals surface area (Å²) < 4.78 is 34.2. The molecule has 1 unspecified atom stereocenters. The summed E-state index contributed by atoms with van der Waals surface area (Å²) in [6.07, 6.45) is 8.16. The van der Waals surface area contributed by atoms with E-state index in [1.165, 1.54) is 38.3 Å². The van der Waals surface area contributed by atoms with E-state index in [4.69, 9.17) is 4.74 Å². The van der Waals surface area contributed by atoms with Crippen LogP contribution < -0.4 is 14.9 Å². The fraction of sp³-hybridized carbons (Fsp3) is 0.560. The molecule has 0 radical (unpaired) electrons. The zero-order chi connectivity index (χ0) is 23.1. The second-order valence-electron chi connectivity index (χ2n) is 9.22. The first-order chi connectivity index (χ1) is 16.0. The molecule has 0 spiro atoms. The highest BCUT2D eigenvalue weighted by Crippen LogP contribution is 2.29. The number of aromatic nitrogens is 1. The Bertz CT molecular complexity index is 985. The molecule has 1 aliphatic heterocycles. The van der Waals surface area contributed by atoms with Gasteiger partial charge in [0.1, 0.15) is 10.7 Å². The summed E-state index contributed by atoms with van der Waals surface area (Å²) >= 11 is 0. The predicted molar refractivity (Wildman–Crippen MR) is 132 cm³/mol. The third-order valence-electron chi connectivity index (χ3n) is 6.86. The van der Waals surface area contributed by atoms with Gasteiger partial charge >= 0.3 is 0 Å². The molecule has 1 aromatic heterocycles. The topological polar surface area (TPSA) is 83.6 Å². The normalized spacial score (nSPS) is 18.8. The average molecular weight is 473 g/mol. The van der Waals surface area contributed by atoms with Crippen molar-refractivity contribution < 1.29 is 13.2 Å². The van der Waals surface area contributed by atoms with E-state index in [9.17, 15) is 8.42 Å². The highest BCUT2D eigenvalue weighted by molar-refractivity contribution is 7.92. The third-order valence-corrected chi connectivity index (χ3v) is 8.21. The number of pyridine rings is 1. The van der Waals surface area contributed by atoms with Crippen molar-refractivity contribution in [3.05, 3.63) is 48.2 Å². The molecule has 0 bridgehead atoms. The molecule has 4 rings (SSSR count). The fourth-order valence-corrected chi connectivity index (χ4v) is 5.84. The zero-order valence-electron chi connectivity index (χ0n) is 19.5. The molecule has 1 aliphatic carbocycles. The van der Waals surface area contributed by atoms with Crippen LogP contribution in [0.3, 0.4) is 0 Å². The van der Waals surface area contributed by atoms with Gasteiger partial charge in [-0.3, -0.25) is 4.72 Å². The van der Waals surface area contributed by atoms with E-state index >= 15 is 0 Å². The van der Waals surface area contributed by atoms with Crippen LogP contribution in [0.4, 0.5) is 11.5 Å². The lowest BCUT2D eigenvalue weighted by Crippen LogP contribution is -2.36.